The SMILES string of the molecule is C=CCN1C(=O)C[C@@H](Sc2ncccc2C(=O)O)C1=O. The number of nitrogens with zero attached hydrogens (tertiary/aromatic N) is 2. The van der Waals surface area contributed by atoms with Crippen molar-refractivity contribution in [2.45, 2.75) is 16.7 Å². The number of aromatic nitrogens is 1. The standard InChI is InChI=1S/C13H12N2O4S/c1-2-6-15-10(16)7-9(12(15)17)20-11-8(13(18)19)4-3-5-14-11/h2-5,9H,1,6-7H2,(H,18,19)/t9-/m1/s1. The van der Waals surface area contributed by atoms with Crippen LogP contribution in [0.25, 0.3) is 0 Å². The number of carbonyl (C=O) groups is 3. The summed E-state index contributed by atoms with van der Waals surface area (Å²) in [5.74, 6) is -1.72. The van der Waals surface area contributed by atoms with Crippen molar-refractivity contribution in [3.8, 4) is 0 Å². The summed E-state index contributed by atoms with van der Waals surface area (Å²) in [6.45, 7) is 3.67. The Labute approximate surface area is 119 Å². The molecule has 0 unspecified atom stereocenters. The number of thioether (sulfide) groups is 1. The number of hydrogen-bond acceptors (Lipinski definition) is 5. The summed E-state index contributed by atoms with van der Waals surface area (Å²) < 4.78 is 0. The predicted octanol–water partition coefficient (Wildman–Crippen LogP) is 1.19. The average molecular weight is 292 g/mol. The zero-order valence-electron chi connectivity index (χ0n) is 10.5. The van der Waals surface area contributed by atoms with E-state index in [1.54, 1.807) is 0 Å². The minimum Gasteiger partial charge on any atom is -0.478 e. The van der Waals surface area contributed by atoms with Crippen molar-refractivity contribution in [2.24, 2.45) is 0 Å². The average Bonchev–Trinajstić information content (AvgIpc) is 2.67. The number of rotatable bonds is 5. The van der Waals surface area contributed by atoms with Crippen LogP contribution >= 0.6 is 11.8 Å². The second-order valence-corrected chi connectivity index (χ2v) is 5.29. The fraction of sp³-hybridized carbons (Fsp3) is 0.231. The lowest BCUT2D eigenvalue weighted by molar-refractivity contribution is -0.137. The molecule has 0 saturated carbocycles. The molecule has 1 aliphatic heterocycles. The Kier molecular flexibility index (Phi) is 4.19. The Morgan fingerprint density at radius 2 is 2.35 bits per heavy atom. The third kappa shape index (κ3) is 2.72. The lowest BCUT2D eigenvalue weighted by Gasteiger charge is -2.12. The van der Waals surface area contributed by atoms with Gasteiger partial charge in [0.25, 0.3) is 0 Å². The van der Waals surface area contributed by atoms with Crippen LogP contribution in [0.1, 0.15) is 16.8 Å². The summed E-state index contributed by atoms with van der Waals surface area (Å²) in [6.07, 6.45) is 2.98. The lowest BCUT2D eigenvalue weighted by Crippen LogP contribution is -2.31. The van der Waals surface area contributed by atoms with Gasteiger partial charge in [-0.3, -0.25) is 14.5 Å². The fourth-order valence-corrected chi connectivity index (χ4v) is 2.98. The zero-order chi connectivity index (χ0) is 14.7. The van der Waals surface area contributed by atoms with Gasteiger partial charge in [0, 0.05) is 19.2 Å². The van der Waals surface area contributed by atoms with E-state index in [1.807, 2.05) is 0 Å². The van der Waals surface area contributed by atoms with Crippen LogP contribution in [-0.2, 0) is 9.59 Å². The first-order valence-electron chi connectivity index (χ1n) is 5.84. The lowest BCUT2D eigenvalue weighted by atomic mass is 10.3. The van der Waals surface area contributed by atoms with Crippen LogP contribution in [0.15, 0.2) is 36.0 Å². The van der Waals surface area contributed by atoms with E-state index in [9.17, 15) is 14.4 Å². The van der Waals surface area contributed by atoms with Crippen LogP contribution in [0.5, 0.6) is 0 Å². The van der Waals surface area contributed by atoms with Crippen LogP contribution in [-0.4, -0.2) is 44.6 Å². The second-order valence-electron chi connectivity index (χ2n) is 4.10. The highest BCUT2D eigenvalue weighted by atomic mass is 32.2. The number of hydrogen-bond donors (Lipinski definition) is 1. The van der Waals surface area contributed by atoms with E-state index in [-0.39, 0.29) is 35.4 Å². The van der Waals surface area contributed by atoms with Gasteiger partial charge in [-0.05, 0) is 12.1 Å². The molecule has 0 radical (unpaired) electrons. The predicted molar refractivity (Wildman–Crippen MR) is 72.4 cm³/mol. The highest BCUT2D eigenvalue weighted by molar-refractivity contribution is 8.00. The van der Waals surface area contributed by atoms with Gasteiger partial charge in [0.2, 0.25) is 11.8 Å². The molecule has 1 fully saturated rings. The van der Waals surface area contributed by atoms with Gasteiger partial charge in [0.05, 0.1) is 10.8 Å². The molecular formula is C13H12N2O4S. The van der Waals surface area contributed by atoms with Gasteiger partial charge < -0.3 is 5.11 Å². The van der Waals surface area contributed by atoms with E-state index in [0.29, 0.717) is 0 Å². The molecule has 1 atom stereocenters. The number of aromatic carboxylic acids is 1. The molecule has 1 aromatic rings. The van der Waals surface area contributed by atoms with Gasteiger partial charge in [-0.1, -0.05) is 17.8 Å². The van der Waals surface area contributed by atoms with Crippen molar-refractivity contribution in [1.29, 1.82) is 0 Å². The minimum atomic E-state index is -1.11. The maximum atomic E-state index is 12.1. The summed E-state index contributed by atoms with van der Waals surface area (Å²) >= 11 is 1.01. The second kappa shape index (κ2) is 5.87. The van der Waals surface area contributed by atoms with Crippen molar-refractivity contribution >= 4 is 29.5 Å². The van der Waals surface area contributed by atoms with Crippen molar-refractivity contribution in [2.75, 3.05) is 6.54 Å². The number of amides is 2. The Bertz CT molecular complexity index is 587. The Balaban J connectivity index is 2.19. The molecule has 20 heavy (non-hydrogen) atoms. The molecule has 6 nitrogen and oxygen atoms in total. The monoisotopic (exact) mass is 292 g/mol. The maximum absolute atomic E-state index is 12.1. The topological polar surface area (TPSA) is 87.6 Å². The van der Waals surface area contributed by atoms with Crippen molar-refractivity contribution in [3.63, 3.8) is 0 Å². The van der Waals surface area contributed by atoms with E-state index >= 15 is 0 Å². The number of carbonyl (C=O) groups excluding carboxylic acids is 2. The summed E-state index contributed by atoms with van der Waals surface area (Å²) in [5.41, 5.74) is 0.0277. The molecule has 0 aromatic carbocycles. The molecule has 1 saturated heterocycles. The number of carboxylic acid groups (broad SMARTS) is 1. The molecule has 2 rings (SSSR count). The minimum absolute atomic E-state index is 0.0277. The number of carboxylic acids is 1. The van der Waals surface area contributed by atoms with Crippen LogP contribution in [0, 0.1) is 0 Å². The first kappa shape index (κ1) is 14.3. The van der Waals surface area contributed by atoms with E-state index in [2.05, 4.69) is 11.6 Å². The normalized spacial score (nSPS) is 18.4. The van der Waals surface area contributed by atoms with Gasteiger partial charge in [-0.25, -0.2) is 9.78 Å². The first-order chi connectivity index (χ1) is 9.54. The fourth-order valence-electron chi connectivity index (χ4n) is 1.85. The molecule has 0 bridgehead atoms. The molecule has 1 N–H and O–H groups in total. The van der Waals surface area contributed by atoms with Gasteiger partial charge in [0.15, 0.2) is 0 Å². The van der Waals surface area contributed by atoms with Crippen LogP contribution in [0.4, 0.5) is 0 Å². The molecule has 0 aliphatic carbocycles. The van der Waals surface area contributed by atoms with E-state index < -0.39 is 11.2 Å². The first-order valence-corrected chi connectivity index (χ1v) is 6.72. The zero-order valence-corrected chi connectivity index (χ0v) is 11.3. The van der Waals surface area contributed by atoms with E-state index in [0.717, 1.165) is 16.7 Å². The largest absolute Gasteiger partial charge is 0.478 e. The van der Waals surface area contributed by atoms with Crippen LogP contribution in [0.2, 0.25) is 0 Å². The summed E-state index contributed by atoms with van der Waals surface area (Å²) in [7, 11) is 0. The Morgan fingerprint density at radius 1 is 1.60 bits per heavy atom. The molecule has 0 spiro atoms. The van der Waals surface area contributed by atoms with Gasteiger partial charge in [-0.15, -0.1) is 6.58 Å². The molecule has 7 heteroatoms. The molecule has 104 valence electrons. The molecule has 1 aromatic heterocycles. The molecular weight excluding hydrogens is 280 g/mol. The van der Waals surface area contributed by atoms with Gasteiger partial charge >= 0.3 is 5.97 Å². The van der Waals surface area contributed by atoms with E-state index in [1.165, 1.54) is 24.4 Å². The molecule has 2 amide bonds. The highest BCUT2D eigenvalue weighted by Gasteiger charge is 2.39. The number of likely N-dealkylation sites (tertiary alicyclic amines) is 1. The Hall–Kier alpha value is -2.15. The highest BCUT2D eigenvalue weighted by Crippen LogP contribution is 2.32. The van der Waals surface area contributed by atoms with Gasteiger partial charge in [0.1, 0.15) is 5.03 Å². The maximum Gasteiger partial charge on any atom is 0.338 e. The summed E-state index contributed by atoms with van der Waals surface area (Å²) in [5, 5.41) is 8.68. The van der Waals surface area contributed by atoms with Crippen molar-refractivity contribution in [3.05, 3.63) is 36.5 Å². The third-order valence-electron chi connectivity index (χ3n) is 2.77. The van der Waals surface area contributed by atoms with Crippen LogP contribution < -0.4 is 0 Å². The molecule has 1 aliphatic rings. The smallest absolute Gasteiger partial charge is 0.338 e. The third-order valence-corrected chi connectivity index (χ3v) is 3.97. The number of pyridine rings is 1. The summed E-state index contributed by atoms with van der Waals surface area (Å²) in [6, 6.07) is 2.93. The van der Waals surface area contributed by atoms with Crippen molar-refractivity contribution < 1.29 is 19.5 Å². The van der Waals surface area contributed by atoms with E-state index in [4.69, 9.17) is 5.11 Å². The quantitative estimate of drug-likeness (QED) is 0.648. The van der Waals surface area contributed by atoms with Crippen molar-refractivity contribution in [1.82, 2.24) is 9.88 Å². The van der Waals surface area contributed by atoms with Crippen LogP contribution in [0.3, 0.4) is 0 Å². The summed E-state index contributed by atoms with van der Waals surface area (Å²) in [4.78, 5) is 39.9. The molecule has 2 heterocycles. The number of imide groups is 1. The van der Waals surface area contributed by atoms with Gasteiger partial charge in [-0.2, -0.15) is 0 Å². The Morgan fingerprint density at radius 3 is 3.00 bits per heavy atom.